The van der Waals surface area contributed by atoms with E-state index in [9.17, 15) is 9.59 Å². The third kappa shape index (κ3) is 4.69. The van der Waals surface area contributed by atoms with E-state index >= 15 is 0 Å². The molecule has 2 aromatic carbocycles. The lowest BCUT2D eigenvalue weighted by Gasteiger charge is -2.12. The quantitative estimate of drug-likeness (QED) is 0.847. The van der Waals surface area contributed by atoms with Gasteiger partial charge in [-0.05, 0) is 54.5 Å². The first-order valence-electron chi connectivity index (χ1n) is 8.83. The second-order valence-corrected chi connectivity index (χ2v) is 6.66. The predicted octanol–water partition coefficient (Wildman–Crippen LogP) is 3.56. The smallest absolute Gasteiger partial charge is 0.226 e. The van der Waals surface area contributed by atoms with Crippen molar-refractivity contribution >= 4 is 17.5 Å². The van der Waals surface area contributed by atoms with Crippen molar-refractivity contribution in [2.75, 3.05) is 11.9 Å². The van der Waals surface area contributed by atoms with E-state index < -0.39 is 0 Å². The number of hydrogen-bond acceptors (Lipinski definition) is 2. The number of anilines is 1. The highest BCUT2D eigenvalue weighted by atomic mass is 16.2. The fraction of sp³-hybridized carbons (Fsp3) is 0.333. The van der Waals surface area contributed by atoms with Gasteiger partial charge >= 0.3 is 0 Å². The summed E-state index contributed by atoms with van der Waals surface area (Å²) in [6, 6.07) is 16.0. The first-order valence-corrected chi connectivity index (χ1v) is 8.83. The van der Waals surface area contributed by atoms with Crippen molar-refractivity contribution in [2.45, 2.75) is 38.5 Å². The summed E-state index contributed by atoms with van der Waals surface area (Å²) in [4.78, 5) is 24.1. The van der Waals surface area contributed by atoms with Gasteiger partial charge in [0.25, 0.3) is 0 Å². The Balaban J connectivity index is 1.40. The van der Waals surface area contributed by atoms with Gasteiger partial charge in [0.05, 0.1) is 0 Å². The molecule has 2 aromatic rings. The van der Waals surface area contributed by atoms with Gasteiger partial charge in [-0.2, -0.15) is 0 Å². The van der Waals surface area contributed by atoms with Gasteiger partial charge < -0.3 is 10.6 Å². The largest absolute Gasteiger partial charge is 0.356 e. The molecule has 0 aromatic heterocycles. The first kappa shape index (κ1) is 17.2. The Morgan fingerprint density at radius 3 is 2.76 bits per heavy atom. The lowest BCUT2D eigenvalue weighted by molar-refractivity contribution is -0.121. The average molecular weight is 336 g/mol. The summed E-state index contributed by atoms with van der Waals surface area (Å²) < 4.78 is 0. The number of aryl methyl sites for hydroxylation is 2. The highest BCUT2D eigenvalue weighted by Crippen LogP contribution is 2.34. The Bertz CT molecular complexity index is 770. The van der Waals surface area contributed by atoms with Crippen molar-refractivity contribution in [1.82, 2.24) is 5.32 Å². The van der Waals surface area contributed by atoms with E-state index in [0.717, 1.165) is 24.1 Å². The van der Waals surface area contributed by atoms with Crippen LogP contribution in [-0.2, 0) is 16.0 Å². The standard InChI is InChI=1S/C21H24N2O2/c1-15-5-4-7-18(13-15)23-20(24)11-12-22-21(25)14-17-10-9-16-6-2-3-8-19(16)17/h2-8,13,17H,9-12,14H2,1H3,(H,22,25)(H,23,24). The van der Waals surface area contributed by atoms with Crippen molar-refractivity contribution in [3.8, 4) is 0 Å². The molecular formula is C21H24N2O2. The van der Waals surface area contributed by atoms with E-state index in [1.54, 1.807) is 0 Å². The maximum atomic E-state index is 12.2. The highest BCUT2D eigenvalue weighted by molar-refractivity contribution is 5.91. The minimum atomic E-state index is -0.0860. The van der Waals surface area contributed by atoms with Gasteiger partial charge in [-0.25, -0.2) is 0 Å². The van der Waals surface area contributed by atoms with Gasteiger partial charge in [0, 0.05) is 25.1 Å². The minimum absolute atomic E-state index is 0.0186. The van der Waals surface area contributed by atoms with Crippen LogP contribution in [0.1, 0.15) is 41.9 Å². The zero-order valence-corrected chi connectivity index (χ0v) is 14.5. The zero-order valence-electron chi connectivity index (χ0n) is 14.5. The summed E-state index contributed by atoms with van der Waals surface area (Å²) in [6.07, 6.45) is 2.85. The van der Waals surface area contributed by atoms with Crippen LogP contribution in [-0.4, -0.2) is 18.4 Å². The first-order chi connectivity index (χ1) is 12.1. The molecule has 3 rings (SSSR count). The Morgan fingerprint density at radius 2 is 1.92 bits per heavy atom. The Hall–Kier alpha value is -2.62. The van der Waals surface area contributed by atoms with E-state index in [0.29, 0.717) is 18.9 Å². The van der Waals surface area contributed by atoms with Crippen LogP contribution in [0.4, 0.5) is 5.69 Å². The molecule has 0 saturated heterocycles. The molecule has 0 fully saturated rings. The fourth-order valence-corrected chi connectivity index (χ4v) is 3.42. The minimum Gasteiger partial charge on any atom is -0.356 e. The van der Waals surface area contributed by atoms with Crippen LogP contribution >= 0.6 is 0 Å². The van der Waals surface area contributed by atoms with Crippen molar-refractivity contribution < 1.29 is 9.59 Å². The molecule has 0 aliphatic heterocycles. The van der Waals surface area contributed by atoms with E-state index in [4.69, 9.17) is 0 Å². The molecule has 0 radical (unpaired) electrons. The molecule has 1 aliphatic carbocycles. The van der Waals surface area contributed by atoms with Gasteiger partial charge in [0.15, 0.2) is 0 Å². The maximum Gasteiger partial charge on any atom is 0.226 e. The molecule has 1 atom stereocenters. The number of benzene rings is 2. The average Bonchev–Trinajstić information content (AvgIpc) is 2.98. The number of fused-ring (bicyclic) bond motifs is 1. The topological polar surface area (TPSA) is 58.2 Å². The molecule has 1 unspecified atom stereocenters. The van der Waals surface area contributed by atoms with E-state index in [1.807, 2.05) is 43.3 Å². The van der Waals surface area contributed by atoms with E-state index in [2.05, 4.69) is 22.8 Å². The molecule has 0 spiro atoms. The molecule has 2 N–H and O–H groups in total. The third-order valence-electron chi connectivity index (χ3n) is 4.66. The van der Waals surface area contributed by atoms with Crippen LogP contribution in [0.2, 0.25) is 0 Å². The molecule has 0 bridgehead atoms. The summed E-state index contributed by atoms with van der Waals surface area (Å²) >= 11 is 0. The second-order valence-electron chi connectivity index (χ2n) is 6.66. The molecule has 0 heterocycles. The number of nitrogens with one attached hydrogen (secondary N) is 2. The van der Waals surface area contributed by atoms with Crippen molar-refractivity contribution in [3.63, 3.8) is 0 Å². The van der Waals surface area contributed by atoms with Crippen molar-refractivity contribution in [3.05, 3.63) is 65.2 Å². The Kier molecular flexibility index (Phi) is 5.49. The maximum absolute atomic E-state index is 12.2. The number of hydrogen-bond donors (Lipinski definition) is 2. The molecular weight excluding hydrogens is 312 g/mol. The number of rotatable bonds is 6. The molecule has 130 valence electrons. The second kappa shape index (κ2) is 7.97. The lowest BCUT2D eigenvalue weighted by Crippen LogP contribution is -2.28. The number of carbonyl (C=O) groups excluding carboxylic acids is 2. The molecule has 1 aliphatic rings. The summed E-state index contributed by atoms with van der Waals surface area (Å²) in [6.45, 7) is 2.35. The molecule has 25 heavy (non-hydrogen) atoms. The van der Waals surface area contributed by atoms with Crippen LogP contribution in [0.15, 0.2) is 48.5 Å². The molecule has 4 heteroatoms. The summed E-state index contributed by atoms with van der Waals surface area (Å²) in [5.41, 5.74) is 4.55. The van der Waals surface area contributed by atoms with Crippen LogP contribution in [0.5, 0.6) is 0 Å². The van der Waals surface area contributed by atoms with Crippen LogP contribution < -0.4 is 10.6 Å². The van der Waals surface area contributed by atoms with Gasteiger partial charge in [-0.3, -0.25) is 9.59 Å². The van der Waals surface area contributed by atoms with Gasteiger partial charge in [-0.1, -0.05) is 36.4 Å². The third-order valence-corrected chi connectivity index (χ3v) is 4.66. The van der Waals surface area contributed by atoms with Crippen LogP contribution in [0.3, 0.4) is 0 Å². The van der Waals surface area contributed by atoms with E-state index in [1.165, 1.54) is 11.1 Å². The van der Waals surface area contributed by atoms with Crippen LogP contribution in [0.25, 0.3) is 0 Å². The van der Waals surface area contributed by atoms with Gasteiger partial charge in [0.1, 0.15) is 0 Å². The van der Waals surface area contributed by atoms with Gasteiger partial charge in [-0.15, -0.1) is 0 Å². The molecule has 0 saturated carbocycles. The van der Waals surface area contributed by atoms with Crippen LogP contribution in [0, 0.1) is 6.92 Å². The predicted molar refractivity (Wildman–Crippen MR) is 99.6 cm³/mol. The lowest BCUT2D eigenvalue weighted by atomic mass is 9.97. The van der Waals surface area contributed by atoms with Crippen molar-refractivity contribution in [1.29, 1.82) is 0 Å². The zero-order chi connectivity index (χ0) is 17.6. The van der Waals surface area contributed by atoms with Crippen molar-refractivity contribution in [2.24, 2.45) is 0 Å². The monoisotopic (exact) mass is 336 g/mol. The summed E-state index contributed by atoms with van der Waals surface area (Å²) in [7, 11) is 0. The van der Waals surface area contributed by atoms with E-state index in [-0.39, 0.29) is 18.2 Å². The Morgan fingerprint density at radius 1 is 1.08 bits per heavy atom. The molecule has 2 amide bonds. The number of amides is 2. The molecule has 4 nitrogen and oxygen atoms in total. The Labute approximate surface area is 148 Å². The highest BCUT2D eigenvalue weighted by Gasteiger charge is 2.23. The normalized spacial score (nSPS) is 15.5. The number of carbonyl (C=O) groups is 2. The fourth-order valence-electron chi connectivity index (χ4n) is 3.42. The van der Waals surface area contributed by atoms with Gasteiger partial charge in [0.2, 0.25) is 11.8 Å². The summed E-state index contributed by atoms with van der Waals surface area (Å²) in [5.74, 6) is 0.236. The summed E-state index contributed by atoms with van der Waals surface area (Å²) in [5, 5.41) is 5.72. The SMILES string of the molecule is Cc1cccc(NC(=O)CCNC(=O)CC2CCc3ccccc32)c1.